The second kappa shape index (κ2) is 8.74. The smallest absolute Gasteiger partial charge is 0.101 e. The molecule has 5 nitrogen and oxygen atoms in total. The summed E-state index contributed by atoms with van der Waals surface area (Å²) in [5.74, 6) is 0. The molecule has 144 valence electrons. The first kappa shape index (κ1) is 18.3. The Morgan fingerprint density at radius 2 is 1.63 bits per heavy atom. The zero-order chi connectivity index (χ0) is 18.5. The minimum atomic E-state index is 0.284. The molecule has 0 spiro atoms. The number of ether oxygens (including phenoxy) is 2. The number of morpholine rings is 2. The third-order valence-electron chi connectivity index (χ3n) is 5.48. The van der Waals surface area contributed by atoms with Crippen LogP contribution in [0.2, 0.25) is 0 Å². The summed E-state index contributed by atoms with van der Waals surface area (Å²) < 4.78 is 11.1. The van der Waals surface area contributed by atoms with E-state index >= 15 is 0 Å². The SMILES string of the molecule is CN1C(C=C(c2ccccc2)N2CCOCC2)=CC=CC1N1CCOCC1. The third-order valence-corrected chi connectivity index (χ3v) is 5.48. The Bertz CT molecular complexity index is 702. The average molecular weight is 367 g/mol. The van der Waals surface area contributed by atoms with E-state index < -0.39 is 0 Å². The molecule has 2 fully saturated rings. The van der Waals surface area contributed by atoms with Crippen LogP contribution in [0.15, 0.2) is 60.3 Å². The van der Waals surface area contributed by atoms with Gasteiger partial charge in [-0.05, 0) is 23.8 Å². The highest BCUT2D eigenvalue weighted by molar-refractivity contribution is 5.67. The van der Waals surface area contributed by atoms with Gasteiger partial charge in [0.15, 0.2) is 0 Å². The van der Waals surface area contributed by atoms with E-state index in [2.05, 4.69) is 76.4 Å². The predicted octanol–water partition coefficient (Wildman–Crippen LogP) is 2.40. The van der Waals surface area contributed by atoms with Crippen molar-refractivity contribution in [1.82, 2.24) is 14.7 Å². The standard InChI is InChI=1S/C22H29N3O2/c1-23-20(8-5-9-22(23)25-12-16-27-17-13-25)18-21(19-6-3-2-4-7-19)24-10-14-26-15-11-24/h2-9,18,22H,10-17H2,1H3. The fraction of sp³-hybridized carbons (Fsp3) is 0.455. The molecule has 2 saturated heterocycles. The van der Waals surface area contributed by atoms with E-state index in [1.54, 1.807) is 0 Å². The van der Waals surface area contributed by atoms with E-state index in [9.17, 15) is 0 Å². The number of allylic oxidation sites excluding steroid dienone is 3. The summed E-state index contributed by atoms with van der Waals surface area (Å²) in [5, 5.41) is 0. The van der Waals surface area contributed by atoms with Crippen LogP contribution in [0.4, 0.5) is 0 Å². The van der Waals surface area contributed by atoms with Gasteiger partial charge in [-0.2, -0.15) is 0 Å². The van der Waals surface area contributed by atoms with Crippen molar-refractivity contribution in [3.05, 3.63) is 65.9 Å². The number of rotatable bonds is 4. The van der Waals surface area contributed by atoms with Crippen LogP contribution in [0.25, 0.3) is 5.70 Å². The second-order valence-electron chi connectivity index (χ2n) is 7.14. The first-order valence-corrected chi connectivity index (χ1v) is 9.86. The normalized spacial score (nSPS) is 24.9. The van der Waals surface area contributed by atoms with E-state index in [0.29, 0.717) is 0 Å². The quantitative estimate of drug-likeness (QED) is 0.815. The highest BCUT2D eigenvalue weighted by atomic mass is 16.5. The van der Waals surface area contributed by atoms with E-state index in [0.717, 1.165) is 52.6 Å². The van der Waals surface area contributed by atoms with Gasteiger partial charge in [-0.25, -0.2) is 0 Å². The van der Waals surface area contributed by atoms with Crippen LogP contribution >= 0.6 is 0 Å². The number of likely N-dealkylation sites (N-methyl/N-ethyl adjacent to an activating group) is 1. The van der Waals surface area contributed by atoms with Crippen LogP contribution in [0, 0.1) is 0 Å². The van der Waals surface area contributed by atoms with Crippen molar-refractivity contribution in [2.75, 3.05) is 59.7 Å². The van der Waals surface area contributed by atoms with Crippen molar-refractivity contribution in [1.29, 1.82) is 0 Å². The molecule has 27 heavy (non-hydrogen) atoms. The van der Waals surface area contributed by atoms with Crippen molar-refractivity contribution in [2.45, 2.75) is 6.17 Å². The molecule has 1 unspecified atom stereocenters. The summed E-state index contributed by atoms with van der Waals surface area (Å²) in [6.07, 6.45) is 9.29. The average Bonchev–Trinajstić information content (AvgIpc) is 2.75. The second-order valence-corrected chi connectivity index (χ2v) is 7.14. The molecule has 3 aliphatic heterocycles. The molecule has 0 radical (unpaired) electrons. The van der Waals surface area contributed by atoms with E-state index in [1.165, 1.54) is 17.0 Å². The summed E-state index contributed by atoms with van der Waals surface area (Å²) in [7, 11) is 2.19. The summed E-state index contributed by atoms with van der Waals surface area (Å²) >= 11 is 0. The number of hydrogen-bond donors (Lipinski definition) is 0. The zero-order valence-electron chi connectivity index (χ0n) is 16.1. The summed E-state index contributed by atoms with van der Waals surface area (Å²) in [6.45, 7) is 7.02. The van der Waals surface area contributed by atoms with Crippen LogP contribution in [0.5, 0.6) is 0 Å². The molecule has 1 aromatic carbocycles. The van der Waals surface area contributed by atoms with Crippen molar-refractivity contribution in [2.24, 2.45) is 0 Å². The highest BCUT2D eigenvalue weighted by Gasteiger charge is 2.25. The van der Waals surface area contributed by atoms with Gasteiger partial charge in [0.25, 0.3) is 0 Å². The molecule has 3 aliphatic rings. The van der Waals surface area contributed by atoms with Gasteiger partial charge < -0.3 is 19.3 Å². The van der Waals surface area contributed by atoms with Crippen molar-refractivity contribution in [3.8, 4) is 0 Å². The molecule has 5 heteroatoms. The molecule has 0 saturated carbocycles. The molecule has 0 amide bonds. The topological polar surface area (TPSA) is 28.2 Å². The number of benzene rings is 1. The molecule has 0 aliphatic carbocycles. The van der Waals surface area contributed by atoms with Gasteiger partial charge in [-0.1, -0.05) is 36.4 Å². The van der Waals surface area contributed by atoms with Crippen molar-refractivity contribution in [3.63, 3.8) is 0 Å². The van der Waals surface area contributed by atoms with Crippen LogP contribution in [0.1, 0.15) is 5.56 Å². The molecule has 0 N–H and O–H groups in total. The zero-order valence-corrected chi connectivity index (χ0v) is 16.1. The Balaban J connectivity index is 1.61. The van der Waals surface area contributed by atoms with Gasteiger partial charge in [0.05, 0.1) is 26.4 Å². The van der Waals surface area contributed by atoms with E-state index in [-0.39, 0.29) is 6.17 Å². The number of hydrogen-bond acceptors (Lipinski definition) is 5. The molecule has 1 aromatic rings. The Hall–Kier alpha value is -2.08. The maximum atomic E-state index is 5.57. The molecule has 4 rings (SSSR count). The summed E-state index contributed by atoms with van der Waals surface area (Å²) in [5.41, 5.74) is 3.76. The lowest BCUT2D eigenvalue weighted by molar-refractivity contribution is -0.00170. The lowest BCUT2D eigenvalue weighted by Gasteiger charge is -2.41. The monoisotopic (exact) mass is 367 g/mol. The molecule has 0 bridgehead atoms. The molecular formula is C22H29N3O2. The predicted molar refractivity (Wildman–Crippen MR) is 108 cm³/mol. The summed E-state index contributed by atoms with van der Waals surface area (Å²) in [6, 6.07) is 10.7. The van der Waals surface area contributed by atoms with E-state index in [4.69, 9.17) is 9.47 Å². The fourth-order valence-electron chi connectivity index (χ4n) is 3.92. The minimum absolute atomic E-state index is 0.284. The molecular weight excluding hydrogens is 338 g/mol. The lowest BCUT2D eigenvalue weighted by atomic mass is 10.1. The van der Waals surface area contributed by atoms with Gasteiger partial charge >= 0.3 is 0 Å². The third kappa shape index (κ3) is 4.26. The lowest BCUT2D eigenvalue weighted by Crippen LogP contribution is -2.50. The van der Waals surface area contributed by atoms with Crippen LogP contribution in [-0.2, 0) is 9.47 Å². The van der Waals surface area contributed by atoms with E-state index in [1.807, 2.05) is 0 Å². The Kier molecular flexibility index (Phi) is 5.92. The maximum absolute atomic E-state index is 5.57. The highest BCUT2D eigenvalue weighted by Crippen LogP contribution is 2.26. The van der Waals surface area contributed by atoms with Crippen LogP contribution in [0.3, 0.4) is 0 Å². The molecule has 3 heterocycles. The van der Waals surface area contributed by atoms with Gasteiger partial charge in [-0.15, -0.1) is 0 Å². The molecule has 1 atom stereocenters. The largest absolute Gasteiger partial charge is 0.379 e. The van der Waals surface area contributed by atoms with Crippen molar-refractivity contribution >= 4 is 5.70 Å². The van der Waals surface area contributed by atoms with Gasteiger partial charge in [0.2, 0.25) is 0 Å². The minimum Gasteiger partial charge on any atom is -0.379 e. The van der Waals surface area contributed by atoms with Crippen molar-refractivity contribution < 1.29 is 9.47 Å². The number of nitrogens with zero attached hydrogens (tertiary/aromatic N) is 3. The summed E-state index contributed by atoms with van der Waals surface area (Å²) in [4.78, 5) is 7.29. The van der Waals surface area contributed by atoms with Crippen LogP contribution in [-0.4, -0.2) is 80.5 Å². The Labute approximate surface area is 162 Å². The maximum Gasteiger partial charge on any atom is 0.101 e. The Morgan fingerprint density at radius 3 is 2.33 bits per heavy atom. The molecule has 0 aromatic heterocycles. The first-order chi connectivity index (χ1) is 13.3. The van der Waals surface area contributed by atoms with Crippen LogP contribution < -0.4 is 0 Å². The van der Waals surface area contributed by atoms with Gasteiger partial charge in [0, 0.05) is 44.6 Å². The Morgan fingerprint density at radius 1 is 0.963 bits per heavy atom. The van der Waals surface area contributed by atoms with Gasteiger partial charge in [-0.3, -0.25) is 4.90 Å². The first-order valence-electron chi connectivity index (χ1n) is 9.86. The fourth-order valence-corrected chi connectivity index (χ4v) is 3.92. The van der Waals surface area contributed by atoms with Gasteiger partial charge in [0.1, 0.15) is 6.17 Å².